The summed E-state index contributed by atoms with van der Waals surface area (Å²) in [5, 5.41) is 2.55. The van der Waals surface area contributed by atoms with E-state index in [-0.39, 0.29) is 5.56 Å². The number of rotatable bonds is 6. The molecule has 5 rings (SSSR count). The summed E-state index contributed by atoms with van der Waals surface area (Å²) in [4.78, 5) is 12.6. The number of benzene rings is 2. The van der Waals surface area contributed by atoms with Gasteiger partial charge in [-0.05, 0) is 54.5 Å². The SMILES string of the molecule is Cn1cc(-c2cc(CCN[SH](=O)=O)cc3cc(C4CC4)oc23)c2ccccc2c1=O. The molecule has 154 valence electrons. The topological polar surface area (TPSA) is 81.3 Å². The van der Waals surface area contributed by atoms with Crippen LogP contribution >= 0.6 is 0 Å². The highest BCUT2D eigenvalue weighted by atomic mass is 32.2. The third-order valence-electron chi connectivity index (χ3n) is 5.71. The van der Waals surface area contributed by atoms with Crippen LogP contribution in [0.2, 0.25) is 0 Å². The predicted molar refractivity (Wildman–Crippen MR) is 118 cm³/mol. The van der Waals surface area contributed by atoms with E-state index in [1.165, 1.54) is 0 Å². The molecule has 1 aliphatic rings. The van der Waals surface area contributed by atoms with Gasteiger partial charge in [-0.1, -0.05) is 18.2 Å². The van der Waals surface area contributed by atoms with Crippen molar-refractivity contribution in [3.05, 3.63) is 70.3 Å². The van der Waals surface area contributed by atoms with Crippen molar-refractivity contribution in [1.82, 2.24) is 9.29 Å². The minimum atomic E-state index is -2.62. The average molecular weight is 423 g/mol. The maximum atomic E-state index is 12.6. The lowest BCUT2D eigenvalue weighted by molar-refractivity contribution is 0.553. The minimum absolute atomic E-state index is 0.0386. The van der Waals surface area contributed by atoms with Crippen LogP contribution < -0.4 is 10.3 Å². The lowest BCUT2D eigenvalue weighted by atomic mass is 9.96. The van der Waals surface area contributed by atoms with Gasteiger partial charge in [-0.3, -0.25) is 4.79 Å². The first kappa shape index (κ1) is 19.1. The first-order chi connectivity index (χ1) is 14.5. The molecule has 0 bridgehead atoms. The fraction of sp³-hybridized carbons (Fsp3) is 0.261. The third kappa shape index (κ3) is 3.44. The van der Waals surface area contributed by atoms with Crippen LogP contribution in [0.15, 0.2) is 57.9 Å². The Bertz CT molecular complexity index is 1400. The quantitative estimate of drug-likeness (QED) is 0.466. The molecule has 1 fully saturated rings. The molecule has 7 heteroatoms. The van der Waals surface area contributed by atoms with Crippen molar-refractivity contribution >= 4 is 32.6 Å². The Morgan fingerprint density at radius 1 is 1.10 bits per heavy atom. The number of fused-ring (bicyclic) bond motifs is 2. The maximum absolute atomic E-state index is 12.6. The number of hydrogen-bond donors (Lipinski definition) is 2. The fourth-order valence-corrected chi connectivity index (χ4v) is 4.37. The summed E-state index contributed by atoms with van der Waals surface area (Å²) in [6, 6.07) is 13.8. The average Bonchev–Trinajstić information content (AvgIpc) is 3.49. The summed E-state index contributed by atoms with van der Waals surface area (Å²) in [7, 11) is -0.861. The van der Waals surface area contributed by atoms with E-state index in [9.17, 15) is 13.2 Å². The van der Waals surface area contributed by atoms with Crippen molar-refractivity contribution in [3.63, 3.8) is 0 Å². The number of nitrogens with zero attached hydrogens (tertiary/aromatic N) is 1. The Morgan fingerprint density at radius 2 is 1.87 bits per heavy atom. The molecule has 0 saturated heterocycles. The highest BCUT2D eigenvalue weighted by Gasteiger charge is 2.28. The van der Waals surface area contributed by atoms with Gasteiger partial charge < -0.3 is 8.98 Å². The molecule has 0 aliphatic heterocycles. The number of thiol groups is 1. The maximum Gasteiger partial charge on any atom is 0.258 e. The summed E-state index contributed by atoms with van der Waals surface area (Å²) in [5.41, 5.74) is 3.64. The van der Waals surface area contributed by atoms with Gasteiger partial charge in [-0.2, -0.15) is 0 Å². The zero-order valence-electron chi connectivity index (χ0n) is 16.6. The van der Waals surface area contributed by atoms with E-state index in [0.29, 0.717) is 24.3 Å². The van der Waals surface area contributed by atoms with E-state index >= 15 is 0 Å². The number of hydrogen-bond acceptors (Lipinski definition) is 4. The Kier molecular flexibility index (Phi) is 4.72. The number of aryl methyl sites for hydroxylation is 1. The van der Waals surface area contributed by atoms with Crippen LogP contribution in [0.4, 0.5) is 0 Å². The number of furan rings is 1. The van der Waals surface area contributed by atoms with Gasteiger partial charge in [0.1, 0.15) is 11.3 Å². The summed E-state index contributed by atoms with van der Waals surface area (Å²) < 4.78 is 32.1. The molecule has 2 aromatic carbocycles. The van der Waals surface area contributed by atoms with Crippen LogP contribution in [0.1, 0.15) is 30.1 Å². The number of nitrogens with one attached hydrogen (secondary N) is 1. The standard InChI is InChI=1S/C23H22N2O4S/c1-25-13-20(17-4-2-3-5-18(17)23(25)26)19-11-14(8-9-24-30(27)28)10-16-12-21(15-6-7-15)29-22(16)19/h2-5,10-13,15,30H,6-9H2,1H3,(H,24,27,28). The molecular formula is C23H22N2O4S. The normalized spacial score (nSPS) is 14.2. The Hall–Kier alpha value is -2.90. The van der Waals surface area contributed by atoms with E-state index in [4.69, 9.17) is 4.42 Å². The van der Waals surface area contributed by atoms with Crippen molar-refractivity contribution in [2.45, 2.75) is 25.2 Å². The van der Waals surface area contributed by atoms with E-state index in [1.54, 1.807) is 11.6 Å². The molecule has 1 aliphatic carbocycles. The lowest BCUT2D eigenvalue weighted by Gasteiger charge is -2.12. The molecule has 2 aromatic heterocycles. The van der Waals surface area contributed by atoms with Gasteiger partial charge in [0.15, 0.2) is 0 Å². The fourth-order valence-electron chi connectivity index (χ4n) is 4.07. The largest absolute Gasteiger partial charge is 0.460 e. The van der Waals surface area contributed by atoms with E-state index in [1.807, 2.05) is 36.5 Å². The second kappa shape index (κ2) is 7.41. The third-order valence-corrected chi connectivity index (χ3v) is 6.19. The van der Waals surface area contributed by atoms with Crippen LogP contribution in [-0.4, -0.2) is 19.5 Å². The van der Waals surface area contributed by atoms with Gasteiger partial charge in [0.2, 0.25) is 10.9 Å². The summed E-state index contributed by atoms with van der Waals surface area (Å²) in [6.07, 6.45) is 4.71. The van der Waals surface area contributed by atoms with Gasteiger partial charge in [-0.25, -0.2) is 13.1 Å². The summed E-state index contributed by atoms with van der Waals surface area (Å²) in [5.74, 6) is 1.48. The number of aromatic nitrogens is 1. The van der Waals surface area contributed by atoms with Crippen molar-refractivity contribution in [2.24, 2.45) is 7.05 Å². The van der Waals surface area contributed by atoms with Gasteiger partial charge in [0.05, 0.1) is 0 Å². The van der Waals surface area contributed by atoms with Crippen molar-refractivity contribution in [1.29, 1.82) is 0 Å². The van der Waals surface area contributed by atoms with Crippen molar-refractivity contribution in [2.75, 3.05) is 6.54 Å². The molecule has 30 heavy (non-hydrogen) atoms. The van der Waals surface area contributed by atoms with Crippen molar-refractivity contribution in [3.8, 4) is 11.1 Å². The van der Waals surface area contributed by atoms with Crippen LogP contribution in [0.25, 0.3) is 32.9 Å². The zero-order valence-corrected chi connectivity index (χ0v) is 17.4. The van der Waals surface area contributed by atoms with Crippen LogP contribution in [0.3, 0.4) is 0 Å². The van der Waals surface area contributed by atoms with Gasteiger partial charge >= 0.3 is 0 Å². The highest BCUT2D eigenvalue weighted by Crippen LogP contribution is 2.44. The molecule has 0 atom stereocenters. The molecule has 0 unspecified atom stereocenters. The number of pyridine rings is 1. The van der Waals surface area contributed by atoms with Crippen LogP contribution in [0, 0.1) is 0 Å². The Morgan fingerprint density at radius 3 is 2.60 bits per heavy atom. The smallest absolute Gasteiger partial charge is 0.258 e. The highest BCUT2D eigenvalue weighted by molar-refractivity contribution is 7.70. The summed E-state index contributed by atoms with van der Waals surface area (Å²) >= 11 is 0. The van der Waals surface area contributed by atoms with E-state index in [2.05, 4.69) is 16.9 Å². The van der Waals surface area contributed by atoms with Crippen molar-refractivity contribution < 1.29 is 12.8 Å². The van der Waals surface area contributed by atoms with Crippen LogP contribution in [0.5, 0.6) is 0 Å². The van der Waals surface area contributed by atoms with Gasteiger partial charge in [0.25, 0.3) is 5.56 Å². The molecule has 2 heterocycles. The molecule has 0 radical (unpaired) electrons. The Balaban J connectivity index is 1.74. The lowest BCUT2D eigenvalue weighted by Crippen LogP contribution is -2.16. The second-order valence-electron chi connectivity index (χ2n) is 7.90. The molecule has 0 spiro atoms. The van der Waals surface area contributed by atoms with E-state index < -0.39 is 10.9 Å². The molecule has 6 nitrogen and oxygen atoms in total. The zero-order chi connectivity index (χ0) is 20.8. The first-order valence-corrected chi connectivity index (χ1v) is 11.2. The predicted octanol–water partition coefficient (Wildman–Crippen LogP) is 3.49. The molecule has 0 amide bonds. The molecule has 4 aromatic rings. The van der Waals surface area contributed by atoms with Gasteiger partial charge in [0, 0.05) is 47.6 Å². The van der Waals surface area contributed by atoms with Crippen LogP contribution in [-0.2, 0) is 24.4 Å². The first-order valence-electron chi connectivity index (χ1n) is 10.0. The van der Waals surface area contributed by atoms with Gasteiger partial charge in [-0.15, -0.1) is 0 Å². The summed E-state index contributed by atoms with van der Waals surface area (Å²) in [6.45, 7) is 0.338. The molecule has 1 N–H and O–H groups in total. The second-order valence-corrected chi connectivity index (χ2v) is 8.73. The monoisotopic (exact) mass is 422 g/mol. The minimum Gasteiger partial charge on any atom is -0.460 e. The van der Waals surface area contributed by atoms with E-state index in [0.717, 1.165) is 51.6 Å². The molecule has 1 saturated carbocycles. The molecular weight excluding hydrogens is 400 g/mol. The Labute approximate surface area is 175 Å².